The SMILES string of the molecule is O=C(c1ccccc1Cl)N1CCCN(c2ccnc(C3CC3)n2)CC1. The minimum absolute atomic E-state index is 0.00815. The molecule has 1 saturated carbocycles. The van der Waals surface area contributed by atoms with Gasteiger partial charge in [-0.1, -0.05) is 23.7 Å². The fourth-order valence-electron chi connectivity index (χ4n) is 3.23. The topological polar surface area (TPSA) is 49.3 Å². The van der Waals surface area contributed by atoms with E-state index in [2.05, 4.69) is 9.88 Å². The molecule has 2 aliphatic rings. The molecule has 1 aromatic heterocycles. The lowest BCUT2D eigenvalue weighted by Crippen LogP contribution is -2.35. The van der Waals surface area contributed by atoms with Crippen LogP contribution in [0.3, 0.4) is 0 Å². The number of carbonyl (C=O) groups is 1. The number of carbonyl (C=O) groups excluding carboxylic acids is 1. The van der Waals surface area contributed by atoms with E-state index in [9.17, 15) is 4.79 Å². The van der Waals surface area contributed by atoms with E-state index in [1.165, 1.54) is 12.8 Å². The first-order valence-electron chi connectivity index (χ1n) is 8.84. The van der Waals surface area contributed by atoms with E-state index in [4.69, 9.17) is 16.6 Å². The number of aromatic nitrogens is 2. The van der Waals surface area contributed by atoms with E-state index >= 15 is 0 Å². The smallest absolute Gasteiger partial charge is 0.255 e. The average Bonchev–Trinajstić information content (AvgIpc) is 3.48. The highest BCUT2D eigenvalue weighted by atomic mass is 35.5. The van der Waals surface area contributed by atoms with E-state index in [1.807, 2.05) is 29.3 Å². The molecular weight excluding hydrogens is 336 g/mol. The number of hydrogen-bond donors (Lipinski definition) is 0. The molecule has 130 valence electrons. The fourth-order valence-corrected chi connectivity index (χ4v) is 3.45. The maximum atomic E-state index is 12.8. The van der Waals surface area contributed by atoms with Crippen LogP contribution in [0.15, 0.2) is 36.5 Å². The molecule has 0 unspecified atom stereocenters. The lowest BCUT2D eigenvalue weighted by Gasteiger charge is -2.23. The minimum Gasteiger partial charge on any atom is -0.355 e. The van der Waals surface area contributed by atoms with Gasteiger partial charge in [-0.2, -0.15) is 0 Å². The van der Waals surface area contributed by atoms with E-state index < -0.39 is 0 Å². The Morgan fingerprint density at radius 3 is 2.72 bits per heavy atom. The first kappa shape index (κ1) is 16.3. The molecular formula is C19H21ClN4O. The van der Waals surface area contributed by atoms with Crippen molar-refractivity contribution in [3.63, 3.8) is 0 Å². The maximum Gasteiger partial charge on any atom is 0.255 e. The van der Waals surface area contributed by atoms with Gasteiger partial charge in [0.15, 0.2) is 0 Å². The van der Waals surface area contributed by atoms with Gasteiger partial charge in [0.05, 0.1) is 10.6 Å². The number of anilines is 1. The summed E-state index contributed by atoms with van der Waals surface area (Å²) in [6.07, 6.45) is 5.17. The molecule has 25 heavy (non-hydrogen) atoms. The predicted molar refractivity (Wildman–Crippen MR) is 98.2 cm³/mol. The Labute approximate surface area is 152 Å². The summed E-state index contributed by atoms with van der Waals surface area (Å²) in [5.74, 6) is 2.49. The van der Waals surface area contributed by atoms with Gasteiger partial charge in [0, 0.05) is 38.3 Å². The summed E-state index contributed by atoms with van der Waals surface area (Å²) < 4.78 is 0. The van der Waals surface area contributed by atoms with Crippen LogP contribution in [-0.4, -0.2) is 47.0 Å². The van der Waals surface area contributed by atoms with Crippen molar-refractivity contribution < 1.29 is 4.79 Å². The molecule has 0 spiro atoms. The van der Waals surface area contributed by atoms with Crippen molar-refractivity contribution in [2.45, 2.75) is 25.2 Å². The Morgan fingerprint density at radius 1 is 1.08 bits per heavy atom. The van der Waals surface area contributed by atoms with Gasteiger partial charge in [-0.3, -0.25) is 4.79 Å². The van der Waals surface area contributed by atoms with Crippen molar-refractivity contribution in [3.05, 3.63) is 52.9 Å². The Bertz CT molecular complexity index is 778. The number of benzene rings is 1. The van der Waals surface area contributed by atoms with Gasteiger partial charge in [0.2, 0.25) is 0 Å². The van der Waals surface area contributed by atoms with Crippen molar-refractivity contribution >= 4 is 23.3 Å². The zero-order valence-electron chi connectivity index (χ0n) is 14.1. The van der Waals surface area contributed by atoms with Crippen LogP contribution in [0.4, 0.5) is 5.82 Å². The number of amides is 1. The Morgan fingerprint density at radius 2 is 1.92 bits per heavy atom. The molecule has 2 aromatic rings. The van der Waals surface area contributed by atoms with Crippen LogP contribution in [-0.2, 0) is 0 Å². The van der Waals surface area contributed by atoms with Gasteiger partial charge in [0.25, 0.3) is 5.91 Å². The standard InChI is InChI=1S/C19H21ClN4O/c20-16-5-2-1-4-15(16)19(25)24-11-3-10-23(12-13-24)17-8-9-21-18(22-17)14-6-7-14/h1-2,4-5,8-9,14H,3,6-7,10-13H2. The molecule has 6 heteroatoms. The Kier molecular flexibility index (Phi) is 4.57. The predicted octanol–water partition coefficient (Wildman–Crippen LogP) is 3.36. The second-order valence-corrected chi connectivity index (χ2v) is 7.07. The number of rotatable bonds is 3. The molecule has 1 amide bonds. The van der Waals surface area contributed by atoms with Crippen LogP contribution < -0.4 is 4.90 Å². The van der Waals surface area contributed by atoms with Crippen molar-refractivity contribution in [1.82, 2.24) is 14.9 Å². The van der Waals surface area contributed by atoms with E-state index in [0.717, 1.165) is 37.7 Å². The number of nitrogens with zero attached hydrogens (tertiary/aromatic N) is 4. The molecule has 1 aliphatic heterocycles. The first-order valence-corrected chi connectivity index (χ1v) is 9.22. The maximum absolute atomic E-state index is 12.8. The molecule has 5 nitrogen and oxygen atoms in total. The lowest BCUT2D eigenvalue weighted by atomic mass is 10.2. The molecule has 0 N–H and O–H groups in total. The highest BCUT2D eigenvalue weighted by Gasteiger charge is 2.27. The van der Waals surface area contributed by atoms with Gasteiger partial charge in [-0.25, -0.2) is 9.97 Å². The first-order chi connectivity index (χ1) is 12.2. The van der Waals surface area contributed by atoms with E-state index in [-0.39, 0.29) is 5.91 Å². The molecule has 2 heterocycles. The van der Waals surface area contributed by atoms with Crippen molar-refractivity contribution in [2.75, 3.05) is 31.1 Å². The van der Waals surface area contributed by atoms with Crippen LogP contribution in [0.5, 0.6) is 0 Å². The largest absolute Gasteiger partial charge is 0.355 e. The normalized spacial score (nSPS) is 18.1. The third-order valence-electron chi connectivity index (χ3n) is 4.81. The molecule has 1 aliphatic carbocycles. The van der Waals surface area contributed by atoms with Gasteiger partial charge < -0.3 is 9.80 Å². The van der Waals surface area contributed by atoms with E-state index in [1.54, 1.807) is 12.1 Å². The van der Waals surface area contributed by atoms with Gasteiger partial charge in [0.1, 0.15) is 11.6 Å². The molecule has 1 aromatic carbocycles. The molecule has 4 rings (SSSR count). The Balaban J connectivity index is 1.46. The third kappa shape index (κ3) is 3.61. The fraction of sp³-hybridized carbons (Fsp3) is 0.421. The summed E-state index contributed by atoms with van der Waals surface area (Å²) >= 11 is 6.18. The van der Waals surface area contributed by atoms with E-state index in [0.29, 0.717) is 23.0 Å². The number of hydrogen-bond acceptors (Lipinski definition) is 4. The van der Waals surface area contributed by atoms with Crippen LogP contribution in [0, 0.1) is 0 Å². The molecule has 2 fully saturated rings. The zero-order valence-corrected chi connectivity index (χ0v) is 14.8. The second kappa shape index (κ2) is 7.00. The summed E-state index contributed by atoms with van der Waals surface area (Å²) in [6.45, 7) is 3.08. The zero-order chi connectivity index (χ0) is 17.2. The summed E-state index contributed by atoms with van der Waals surface area (Å²) in [4.78, 5) is 26.0. The lowest BCUT2D eigenvalue weighted by molar-refractivity contribution is 0.0767. The van der Waals surface area contributed by atoms with Crippen LogP contribution in [0.25, 0.3) is 0 Å². The summed E-state index contributed by atoms with van der Waals surface area (Å²) in [6, 6.07) is 9.22. The second-order valence-electron chi connectivity index (χ2n) is 6.66. The summed E-state index contributed by atoms with van der Waals surface area (Å²) in [5.41, 5.74) is 0.579. The monoisotopic (exact) mass is 356 g/mol. The van der Waals surface area contributed by atoms with Gasteiger partial charge >= 0.3 is 0 Å². The summed E-state index contributed by atoms with van der Waals surface area (Å²) in [5, 5.41) is 0.512. The highest BCUT2D eigenvalue weighted by molar-refractivity contribution is 6.33. The quantitative estimate of drug-likeness (QED) is 0.846. The summed E-state index contributed by atoms with van der Waals surface area (Å²) in [7, 11) is 0. The highest BCUT2D eigenvalue weighted by Crippen LogP contribution is 2.38. The Hall–Kier alpha value is -2.14. The van der Waals surface area contributed by atoms with Crippen molar-refractivity contribution in [2.24, 2.45) is 0 Å². The molecule has 1 saturated heterocycles. The average molecular weight is 357 g/mol. The molecule has 0 radical (unpaired) electrons. The third-order valence-corrected chi connectivity index (χ3v) is 5.14. The van der Waals surface area contributed by atoms with Gasteiger partial charge in [-0.15, -0.1) is 0 Å². The van der Waals surface area contributed by atoms with Crippen molar-refractivity contribution in [3.8, 4) is 0 Å². The van der Waals surface area contributed by atoms with Crippen molar-refractivity contribution in [1.29, 1.82) is 0 Å². The minimum atomic E-state index is 0.00815. The van der Waals surface area contributed by atoms with Crippen LogP contribution in [0.2, 0.25) is 5.02 Å². The van der Waals surface area contributed by atoms with Crippen LogP contribution >= 0.6 is 11.6 Å². The van der Waals surface area contributed by atoms with Crippen LogP contribution in [0.1, 0.15) is 41.4 Å². The molecule has 0 bridgehead atoms. The van der Waals surface area contributed by atoms with Gasteiger partial charge in [-0.05, 0) is 37.5 Å². The molecule has 0 atom stereocenters. The number of halogens is 1.